The predicted molar refractivity (Wildman–Crippen MR) is 79.9 cm³/mol. The van der Waals surface area contributed by atoms with Gasteiger partial charge >= 0.3 is 0 Å². The topological polar surface area (TPSA) is 85.9 Å². The summed E-state index contributed by atoms with van der Waals surface area (Å²) in [7, 11) is -2.92. The minimum atomic E-state index is -2.92. The Labute approximate surface area is 121 Å². The van der Waals surface area contributed by atoms with E-state index in [-0.39, 0.29) is 17.4 Å². The number of thiophene rings is 1. The van der Waals surface area contributed by atoms with E-state index >= 15 is 0 Å². The van der Waals surface area contributed by atoms with Crippen molar-refractivity contribution in [1.29, 1.82) is 0 Å². The molecule has 1 fully saturated rings. The molecule has 20 heavy (non-hydrogen) atoms. The van der Waals surface area contributed by atoms with Crippen LogP contribution in [0.1, 0.15) is 35.0 Å². The number of nitrogens with zero attached hydrogens (tertiary/aromatic N) is 2. The van der Waals surface area contributed by atoms with Gasteiger partial charge in [0.2, 0.25) is 0 Å². The lowest BCUT2D eigenvalue weighted by Gasteiger charge is -2.08. The Kier molecular flexibility index (Phi) is 2.59. The Balaban J connectivity index is 1.83. The van der Waals surface area contributed by atoms with Gasteiger partial charge in [0.1, 0.15) is 16.5 Å². The summed E-state index contributed by atoms with van der Waals surface area (Å²) in [5.41, 5.74) is 7.43. The second kappa shape index (κ2) is 4.14. The van der Waals surface area contributed by atoms with Gasteiger partial charge in [-0.05, 0) is 31.2 Å². The van der Waals surface area contributed by atoms with Gasteiger partial charge in [-0.1, -0.05) is 0 Å². The highest BCUT2D eigenvalue weighted by Crippen LogP contribution is 2.39. The summed E-state index contributed by atoms with van der Waals surface area (Å²) in [5.74, 6) is 1.43. The van der Waals surface area contributed by atoms with E-state index in [9.17, 15) is 8.42 Å². The molecule has 106 valence electrons. The molecule has 1 aliphatic heterocycles. The largest absolute Gasteiger partial charge is 0.383 e. The molecule has 0 bridgehead atoms. The van der Waals surface area contributed by atoms with Crippen LogP contribution in [0.25, 0.3) is 10.2 Å². The Morgan fingerprint density at radius 1 is 1.25 bits per heavy atom. The molecule has 0 spiro atoms. The zero-order valence-corrected chi connectivity index (χ0v) is 12.6. The van der Waals surface area contributed by atoms with E-state index in [0.717, 1.165) is 23.1 Å². The van der Waals surface area contributed by atoms with Crippen molar-refractivity contribution in [1.82, 2.24) is 9.97 Å². The predicted octanol–water partition coefficient (Wildman–Crippen LogP) is 1.66. The zero-order chi connectivity index (χ0) is 13.9. The van der Waals surface area contributed by atoms with E-state index in [1.165, 1.54) is 16.9 Å². The van der Waals surface area contributed by atoms with Crippen molar-refractivity contribution in [3.63, 3.8) is 0 Å². The molecular weight excluding hydrogens is 294 g/mol. The molecule has 3 heterocycles. The summed E-state index contributed by atoms with van der Waals surface area (Å²) >= 11 is 1.69. The van der Waals surface area contributed by atoms with Crippen LogP contribution in [0.15, 0.2) is 0 Å². The van der Waals surface area contributed by atoms with Crippen molar-refractivity contribution in [2.24, 2.45) is 0 Å². The Morgan fingerprint density at radius 3 is 2.85 bits per heavy atom. The van der Waals surface area contributed by atoms with Crippen molar-refractivity contribution >= 4 is 37.2 Å². The Bertz CT molecular complexity index is 811. The third kappa shape index (κ3) is 1.83. The number of hydrogen-bond donors (Lipinski definition) is 1. The van der Waals surface area contributed by atoms with E-state index < -0.39 is 9.84 Å². The van der Waals surface area contributed by atoms with Crippen molar-refractivity contribution in [2.45, 2.75) is 31.6 Å². The zero-order valence-electron chi connectivity index (χ0n) is 10.9. The maximum Gasteiger partial charge on any atom is 0.151 e. The third-order valence-corrected chi connectivity index (χ3v) is 7.16. The van der Waals surface area contributed by atoms with Gasteiger partial charge in [-0.15, -0.1) is 11.3 Å². The fourth-order valence-corrected chi connectivity index (χ4v) is 6.24. The molecule has 1 saturated heterocycles. The van der Waals surface area contributed by atoms with Crippen LogP contribution in [0.3, 0.4) is 0 Å². The van der Waals surface area contributed by atoms with Gasteiger partial charge < -0.3 is 5.73 Å². The average molecular weight is 309 g/mol. The van der Waals surface area contributed by atoms with Crippen molar-refractivity contribution in [3.8, 4) is 0 Å². The molecular formula is C13H15N3O2S2. The van der Waals surface area contributed by atoms with Gasteiger partial charge in [0.05, 0.1) is 16.9 Å². The number of aryl methyl sites for hydroxylation is 2. The number of aromatic nitrogens is 2. The number of fused-ring (bicyclic) bond motifs is 3. The first kappa shape index (κ1) is 12.5. The number of anilines is 1. The molecule has 1 unspecified atom stereocenters. The smallest absolute Gasteiger partial charge is 0.151 e. The highest BCUT2D eigenvalue weighted by Gasteiger charge is 2.32. The maximum atomic E-state index is 11.6. The van der Waals surface area contributed by atoms with Crippen LogP contribution in [0.4, 0.5) is 5.82 Å². The van der Waals surface area contributed by atoms with E-state index in [0.29, 0.717) is 18.1 Å². The first-order chi connectivity index (χ1) is 9.53. The number of nitrogen functional groups attached to an aromatic ring is 1. The van der Waals surface area contributed by atoms with Crippen molar-refractivity contribution < 1.29 is 8.42 Å². The minimum absolute atomic E-state index is 0.0939. The highest BCUT2D eigenvalue weighted by molar-refractivity contribution is 7.91. The second-order valence-electron chi connectivity index (χ2n) is 5.60. The van der Waals surface area contributed by atoms with Crippen LogP contribution in [0.2, 0.25) is 0 Å². The van der Waals surface area contributed by atoms with Crippen LogP contribution in [0, 0.1) is 0 Å². The molecule has 7 heteroatoms. The van der Waals surface area contributed by atoms with Crippen LogP contribution < -0.4 is 5.73 Å². The lowest BCUT2D eigenvalue weighted by atomic mass is 10.1. The molecule has 4 rings (SSSR count). The molecule has 2 N–H and O–H groups in total. The summed E-state index contributed by atoms with van der Waals surface area (Å²) in [4.78, 5) is 11.3. The van der Waals surface area contributed by atoms with Crippen LogP contribution >= 0.6 is 11.3 Å². The summed E-state index contributed by atoms with van der Waals surface area (Å²) in [5, 5.41) is 1.01. The summed E-state index contributed by atoms with van der Waals surface area (Å²) < 4.78 is 23.2. The first-order valence-electron chi connectivity index (χ1n) is 6.81. The molecule has 2 aromatic rings. The monoisotopic (exact) mass is 309 g/mol. The van der Waals surface area contributed by atoms with Gasteiger partial charge in [-0.2, -0.15) is 0 Å². The fourth-order valence-electron chi connectivity index (χ4n) is 3.22. The quantitative estimate of drug-likeness (QED) is 0.866. The fraction of sp³-hybridized carbons (Fsp3) is 0.538. The molecule has 0 amide bonds. The van der Waals surface area contributed by atoms with Gasteiger partial charge in [0.15, 0.2) is 9.84 Å². The molecule has 2 aromatic heterocycles. The van der Waals surface area contributed by atoms with Gasteiger partial charge in [0, 0.05) is 10.8 Å². The Morgan fingerprint density at radius 2 is 2.10 bits per heavy atom. The lowest BCUT2D eigenvalue weighted by molar-refractivity contribution is 0.601. The minimum Gasteiger partial charge on any atom is -0.383 e. The summed E-state index contributed by atoms with van der Waals surface area (Å²) in [6, 6.07) is 0. The summed E-state index contributed by atoms with van der Waals surface area (Å²) in [6.45, 7) is 0. The van der Waals surface area contributed by atoms with E-state index in [1.807, 2.05) is 0 Å². The van der Waals surface area contributed by atoms with Crippen LogP contribution in [-0.4, -0.2) is 29.9 Å². The normalized spacial score (nSPS) is 24.3. The molecule has 1 atom stereocenters. The lowest BCUT2D eigenvalue weighted by Crippen LogP contribution is -2.09. The molecule has 5 nitrogen and oxygen atoms in total. The number of sulfone groups is 1. The Hall–Kier alpha value is -1.21. The SMILES string of the molecule is Nc1nc(C2CCS(=O)(=O)C2)nc2sc3c(c12)CCC3. The third-order valence-electron chi connectivity index (χ3n) is 4.21. The highest BCUT2D eigenvalue weighted by atomic mass is 32.2. The molecule has 0 saturated carbocycles. The second-order valence-corrected chi connectivity index (χ2v) is 8.92. The first-order valence-corrected chi connectivity index (χ1v) is 9.45. The number of nitrogens with two attached hydrogens (primary N) is 1. The van der Waals surface area contributed by atoms with Gasteiger partial charge in [-0.25, -0.2) is 18.4 Å². The van der Waals surface area contributed by atoms with Gasteiger partial charge in [-0.3, -0.25) is 0 Å². The van der Waals surface area contributed by atoms with Crippen LogP contribution in [0.5, 0.6) is 0 Å². The van der Waals surface area contributed by atoms with E-state index in [2.05, 4.69) is 9.97 Å². The number of rotatable bonds is 1. The standard InChI is InChI=1S/C13H15N3O2S2/c14-11-10-8-2-1-3-9(8)19-13(10)16-12(15-11)7-4-5-20(17,18)6-7/h7H,1-6H2,(H2,14,15,16). The summed E-state index contributed by atoms with van der Waals surface area (Å²) in [6.07, 6.45) is 3.94. The molecule has 0 aromatic carbocycles. The van der Waals surface area contributed by atoms with Crippen molar-refractivity contribution in [3.05, 3.63) is 16.3 Å². The molecule has 0 radical (unpaired) electrons. The maximum absolute atomic E-state index is 11.6. The van der Waals surface area contributed by atoms with Gasteiger partial charge in [0.25, 0.3) is 0 Å². The molecule has 2 aliphatic rings. The molecule has 1 aliphatic carbocycles. The van der Waals surface area contributed by atoms with Crippen molar-refractivity contribution in [2.75, 3.05) is 17.2 Å². The van der Waals surface area contributed by atoms with Crippen LogP contribution in [-0.2, 0) is 22.7 Å². The van der Waals surface area contributed by atoms with E-state index in [4.69, 9.17) is 5.73 Å². The average Bonchev–Trinajstić information content (AvgIpc) is 3.01. The number of hydrogen-bond acceptors (Lipinski definition) is 6. The van der Waals surface area contributed by atoms with E-state index in [1.54, 1.807) is 11.3 Å².